The number of carbonyl (C=O) groups excluding carboxylic acids is 1. The van der Waals surface area contributed by atoms with Gasteiger partial charge in [0.05, 0.1) is 17.0 Å². The van der Waals surface area contributed by atoms with Crippen LogP contribution >= 0.6 is 12.4 Å². The summed E-state index contributed by atoms with van der Waals surface area (Å²) in [7, 11) is -4.04. The van der Waals surface area contributed by atoms with E-state index in [1.165, 1.54) is 4.90 Å². The third kappa shape index (κ3) is 3.18. The van der Waals surface area contributed by atoms with Gasteiger partial charge in [0.15, 0.2) is 0 Å². The van der Waals surface area contributed by atoms with E-state index in [2.05, 4.69) is 5.32 Å². The van der Waals surface area contributed by atoms with Gasteiger partial charge in [-0.2, -0.15) is 0 Å². The van der Waals surface area contributed by atoms with Crippen LogP contribution in [-0.4, -0.2) is 51.1 Å². The van der Waals surface area contributed by atoms with Gasteiger partial charge in [-0.15, -0.1) is 12.4 Å². The zero-order valence-corrected chi connectivity index (χ0v) is 13.6. The highest BCUT2D eigenvalue weighted by Crippen LogP contribution is 2.35. The number of hydrogen-bond donors (Lipinski definition) is 2. The Morgan fingerprint density at radius 1 is 1.43 bits per heavy atom. The minimum atomic E-state index is -4.04. The Kier molecular flexibility index (Phi) is 4.69. The van der Waals surface area contributed by atoms with Crippen molar-refractivity contribution in [1.82, 2.24) is 10.2 Å². The average Bonchev–Trinajstić information content (AvgIpc) is 2.91. The maximum absolute atomic E-state index is 14.5. The van der Waals surface area contributed by atoms with Crippen molar-refractivity contribution in [3.8, 4) is 0 Å². The van der Waals surface area contributed by atoms with E-state index in [1.807, 2.05) is 0 Å². The van der Waals surface area contributed by atoms with Gasteiger partial charge >= 0.3 is 0 Å². The topological polar surface area (TPSA) is 92.5 Å². The number of benzene rings is 1. The van der Waals surface area contributed by atoms with E-state index < -0.39 is 32.3 Å². The molecule has 0 bridgehead atoms. The molecule has 1 amide bonds. The first-order valence-corrected chi connectivity index (χ1v) is 8.27. The van der Waals surface area contributed by atoms with Crippen LogP contribution < -0.4 is 10.5 Å². The van der Waals surface area contributed by atoms with Crippen LogP contribution in [0.3, 0.4) is 0 Å². The SMILES string of the molecule is Cl.NS(=O)(=O)c1ccc(C(=O)N2C[C@@H]3CNC[C@@]3(F)C2)c(F)c1. The van der Waals surface area contributed by atoms with Gasteiger partial charge in [-0.3, -0.25) is 4.79 Å². The van der Waals surface area contributed by atoms with Crippen molar-refractivity contribution in [3.05, 3.63) is 29.6 Å². The van der Waals surface area contributed by atoms with Crippen LogP contribution in [0.1, 0.15) is 10.4 Å². The van der Waals surface area contributed by atoms with Crippen LogP contribution in [0.5, 0.6) is 0 Å². The first kappa shape index (κ1) is 18.1. The summed E-state index contributed by atoms with van der Waals surface area (Å²) < 4.78 is 50.8. The summed E-state index contributed by atoms with van der Waals surface area (Å²) in [6.07, 6.45) is 0. The Labute approximate surface area is 138 Å². The van der Waals surface area contributed by atoms with Crippen LogP contribution in [0.2, 0.25) is 0 Å². The van der Waals surface area contributed by atoms with Crippen LogP contribution in [0, 0.1) is 11.7 Å². The highest BCUT2D eigenvalue weighted by Gasteiger charge is 2.51. The van der Waals surface area contributed by atoms with Crippen LogP contribution in [0.15, 0.2) is 23.1 Å². The molecular weight excluding hydrogens is 352 g/mol. The van der Waals surface area contributed by atoms with Gasteiger partial charge in [0.2, 0.25) is 10.0 Å². The average molecular weight is 368 g/mol. The van der Waals surface area contributed by atoms with E-state index in [4.69, 9.17) is 5.14 Å². The van der Waals surface area contributed by atoms with Gasteiger partial charge in [-0.25, -0.2) is 22.3 Å². The number of nitrogens with two attached hydrogens (primary N) is 1. The molecule has 10 heteroatoms. The van der Waals surface area contributed by atoms with E-state index in [-0.39, 0.29) is 43.5 Å². The van der Waals surface area contributed by atoms with Crippen LogP contribution in [-0.2, 0) is 10.0 Å². The number of amides is 1. The Balaban J connectivity index is 0.00000192. The molecule has 2 saturated heterocycles. The number of rotatable bonds is 2. The number of halogens is 3. The number of fused-ring (bicyclic) bond motifs is 1. The second kappa shape index (κ2) is 5.97. The molecule has 6 nitrogen and oxygen atoms in total. The fourth-order valence-electron chi connectivity index (χ4n) is 3.01. The Morgan fingerprint density at radius 3 is 2.70 bits per heavy atom. The third-order valence-corrected chi connectivity index (χ3v) is 5.13. The maximum atomic E-state index is 14.5. The Hall–Kier alpha value is -1.29. The number of nitrogens with zero attached hydrogens (tertiary/aromatic N) is 1. The van der Waals surface area contributed by atoms with Crippen molar-refractivity contribution >= 4 is 28.3 Å². The lowest BCUT2D eigenvalue weighted by Gasteiger charge is -2.19. The number of hydrogen-bond acceptors (Lipinski definition) is 4. The van der Waals surface area contributed by atoms with Crippen molar-refractivity contribution in [2.75, 3.05) is 26.2 Å². The van der Waals surface area contributed by atoms with E-state index in [0.717, 1.165) is 12.1 Å². The summed E-state index contributed by atoms with van der Waals surface area (Å²) in [6, 6.07) is 2.83. The number of primary sulfonamides is 1. The predicted molar refractivity (Wildman–Crippen MR) is 81.1 cm³/mol. The minimum Gasteiger partial charge on any atom is -0.335 e. The maximum Gasteiger partial charge on any atom is 0.256 e. The quantitative estimate of drug-likeness (QED) is 0.785. The Morgan fingerprint density at radius 2 is 2.13 bits per heavy atom. The number of alkyl halides is 1. The van der Waals surface area contributed by atoms with E-state index in [1.54, 1.807) is 0 Å². The first-order valence-electron chi connectivity index (χ1n) is 6.72. The summed E-state index contributed by atoms with van der Waals surface area (Å²) in [5.74, 6) is -1.94. The molecule has 0 unspecified atom stereocenters. The van der Waals surface area contributed by atoms with Gasteiger partial charge in [-0.05, 0) is 18.2 Å². The molecule has 2 atom stereocenters. The summed E-state index contributed by atoms with van der Waals surface area (Å²) in [6.45, 7) is 0.764. The molecule has 2 fully saturated rings. The largest absolute Gasteiger partial charge is 0.335 e. The minimum absolute atomic E-state index is 0. The van der Waals surface area contributed by atoms with Gasteiger partial charge < -0.3 is 10.2 Å². The smallest absolute Gasteiger partial charge is 0.256 e. The summed E-state index contributed by atoms with van der Waals surface area (Å²) in [4.78, 5) is 13.2. The van der Waals surface area contributed by atoms with Crippen molar-refractivity contribution in [3.63, 3.8) is 0 Å². The standard InChI is InChI=1S/C13H15F2N3O3S.ClH/c14-11-3-9(22(16,20)21)1-2-10(11)12(19)18-5-8-4-17-6-13(8,15)7-18;/h1-3,8,17H,4-7H2,(H2,16,20,21);1H/t8-,13+;/m0./s1. The molecule has 3 N–H and O–H groups in total. The van der Waals surface area contributed by atoms with Crippen LogP contribution in [0.25, 0.3) is 0 Å². The number of likely N-dealkylation sites (tertiary alicyclic amines) is 1. The second-order valence-corrected chi connectivity index (χ2v) is 7.30. The molecule has 0 aromatic heterocycles. The molecule has 3 rings (SSSR count). The lowest BCUT2D eigenvalue weighted by molar-refractivity contribution is 0.0750. The number of carbonyl (C=O) groups is 1. The molecule has 1 aromatic carbocycles. The molecule has 2 heterocycles. The fraction of sp³-hybridized carbons (Fsp3) is 0.462. The van der Waals surface area contributed by atoms with Crippen LogP contribution in [0.4, 0.5) is 8.78 Å². The highest BCUT2D eigenvalue weighted by atomic mass is 35.5. The number of sulfonamides is 1. The molecule has 0 radical (unpaired) electrons. The lowest BCUT2D eigenvalue weighted by atomic mass is 9.97. The van der Waals surface area contributed by atoms with Gasteiger partial charge in [-0.1, -0.05) is 0 Å². The molecular formula is C13H16ClF2N3O3S. The molecule has 2 aliphatic rings. The van der Waals surface area contributed by atoms with Crippen molar-refractivity contribution in [2.24, 2.45) is 11.1 Å². The van der Waals surface area contributed by atoms with Gasteiger partial charge in [0.1, 0.15) is 11.5 Å². The zero-order valence-electron chi connectivity index (χ0n) is 12.0. The highest BCUT2D eigenvalue weighted by molar-refractivity contribution is 7.89. The molecule has 23 heavy (non-hydrogen) atoms. The monoisotopic (exact) mass is 367 g/mol. The summed E-state index contributed by atoms with van der Waals surface area (Å²) in [5, 5.41) is 7.84. The zero-order chi connectivity index (χ0) is 16.1. The summed E-state index contributed by atoms with van der Waals surface area (Å²) >= 11 is 0. The molecule has 0 saturated carbocycles. The predicted octanol–water partition coefficient (Wildman–Crippen LogP) is 0.278. The van der Waals surface area contributed by atoms with E-state index in [0.29, 0.717) is 12.6 Å². The second-order valence-electron chi connectivity index (χ2n) is 5.73. The Bertz CT molecular complexity index is 746. The molecule has 2 aliphatic heterocycles. The normalized spacial score (nSPS) is 26.7. The van der Waals surface area contributed by atoms with Gasteiger partial charge in [0, 0.05) is 25.6 Å². The fourth-order valence-corrected chi connectivity index (χ4v) is 3.54. The summed E-state index contributed by atoms with van der Waals surface area (Å²) in [5.41, 5.74) is -1.77. The molecule has 1 aromatic rings. The molecule has 128 valence electrons. The van der Waals surface area contributed by atoms with Crippen molar-refractivity contribution in [2.45, 2.75) is 10.6 Å². The van der Waals surface area contributed by atoms with Gasteiger partial charge in [0.25, 0.3) is 5.91 Å². The molecule has 0 aliphatic carbocycles. The van der Waals surface area contributed by atoms with Crippen molar-refractivity contribution < 1.29 is 22.0 Å². The van der Waals surface area contributed by atoms with E-state index >= 15 is 0 Å². The number of nitrogens with one attached hydrogen (secondary N) is 1. The first-order chi connectivity index (χ1) is 10.2. The third-order valence-electron chi connectivity index (χ3n) is 4.22. The lowest BCUT2D eigenvalue weighted by Crippen LogP contribution is -2.37. The van der Waals surface area contributed by atoms with Crippen molar-refractivity contribution in [1.29, 1.82) is 0 Å². The van der Waals surface area contributed by atoms with E-state index in [9.17, 15) is 22.0 Å². The molecule has 0 spiro atoms.